The standard InChI is InChI=1S/C17H14O2/c1-11-7-8-13-10-16(19-17(18)15(13)9-11)14-6-4-3-5-12(14)2/h3-10H,1-2H3. The summed E-state index contributed by atoms with van der Waals surface area (Å²) in [7, 11) is 0. The van der Waals surface area contributed by atoms with E-state index in [1.807, 2.05) is 62.4 Å². The van der Waals surface area contributed by atoms with Crippen molar-refractivity contribution in [1.82, 2.24) is 0 Å². The molecule has 2 nitrogen and oxygen atoms in total. The van der Waals surface area contributed by atoms with E-state index in [-0.39, 0.29) is 5.63 Å². The van der Waals surface area contributed by atoms with Crippen molar-refractivity contribution in [3.05, 3.63) is 70.1 Å². The van der Waals surface area contributed by atoms with Crippen molar-refractivity contribution in [3.63, 3.8) is 0 Å². The summed E-state index contributed by atoms with van der Waals surface area (Å²) < 4.78 is 5.46. The van der Waals surface area contributed by atoms with Gasteiger partial charge in [0.1, 0.15) is 5.76 Å². The maximum Gasteiger partial charge on any atom is 0.344 e. The van der Waals surface area contributed by atoms with Crippen LogP contribution < -0.4 is 5.63 Å². The molecule has 1 heterocycles. The van der Waals surface area contributed by atoms with E-state index in [4.69, 9.17) is 4.42 Å². The molecule has 19 heavy (non-hydrogen) atoms. The quantitative estimate of drug-likeness (QED) is 0.651. The molecule has 0 bridgehead atoms. The van der Waals surface area contributed by atoms with Gasteiger partial charge < -0.3 is 4.42 Å². The van der Waals surface area contributed by atoms with Crippen LogP contribution in [0, 0.1) is 13.8 Å². The van der Waals surface area contributed by atoms with Crippen LogP contribution in [0.15, 0.2) is 57.7 Å². The van der Waals surface area contributed by atoms with E-state index in [2.05, 4.69) is 0 Å². The lowest BCUT2D eigenvalue weighted by Crippen LogP contribution is -2.01. The first kappa shape index (κ1) is 11.7. The molecule has 94 valence electrons. The molecule has 0 aliphatic rings. The number of hydrogen-bond donors (Lipinski definition) is 0. The summed E-state index contributed by atoms with van der Waals surface area (Å²) in [4.78, 5) is 12.1. The van der Waals surface area contributed by atoms with Gasteiger partial charge in [-0.05, 0) is 36.9 Å². The molecule has 3 rings (SSSR count). The highest BCUT2D eigenvalue weighted by atomic mass is 16.4. The Bertz CT molecular complexity index is 813. The molecule has 0 saturated heterocycles. The van der Waals surface area contributed by atoms with Gasteiger partial charge in [-0.25, -0.2) is 4.79 Å². The van der Waals surface area contributed by atoms with Gasteiger partial charge in [0, 0.05) is 5.56 Å². The fraction of sp³-hybridized carbons (Fsp3) is 0.118. The molecule has 0 amide bonds. The van der Waals surface area contributed by atoms with Crippen LogP contribution in [-0.2, 0) is 0 Å². The summed E-state index contributed by atoms with van der Waals surface area (Å²) in [5.41, 5.74) is 2.84. The predicted molar refractivity (Wildman–Crippen MR) is 77.4 cm³/mol. The van der Waals surface area contributed by atoms with Crippen LogP contribution in [0.3, 0.4) is 0 Å². The molecule has 0 aliphatic carbocycles. The van der Waals surface area contributed by atoms with Gasteiger partial charge in [0.15, 0.2) is 0 Å². The Balaban J connectivity index is 2.31. The van der Waals surface area contributed by atoms with Crippen LogP contribution in [0.5, 0.6) is 0 Å². The molecule has 0 atom stereocenters. The fourth-order valence-corrected chi connectivity index (χ4v) is 2.28. The highest BCUT2D eigenvalue weighted by molar-refractivity contribution is 5.85. The summed E-state index contributed by atoms with van der Waals surface area (Å²) in [6.07, 6.45) is 0. The van der Waals surface area contributed by atoms with Gasteiger partial charge in [-0.15, -0.1) is 0 Å². The molecule has 2 heteroatoms. The summed E-state index contributed by atoms with van der Waals surface area (Å²) in [5.74, 6) is 0.624. The van der Waals surface area contributed by atoms with Crippen molar-refractivity contribution in [2.24, 2.45) is 0 Å². The molecular formula is C17H14O2. The predicted octanol–water partition coefficient (Wildman–Crippen LogP) is 4.08. The molecule has 0 spiro atoms. The number of hydrogen-bond acceptors (Lipinski definition) is 2. The second-order valence-electron chi connectivity index (χ2n) is 4.80. The Hall–Kier alpha value is -2.35. The van der Waals surface area contributed by atoms with Crippen molar-refractivity contribution in [2.75, 3.05) is 0 Å². The van der Waals surface area contributed by atoms with Crippen LogP contribution in [0.4, 0.5) is 0 Å². The fourth-order valence-electron chi connectivity index (χ4n) is 2.28. The molecule has 2 aromatic carbocycles. The summed E-state index contributed by atoms with van der Waals surface area (Å²) in [5, 5.41) is 1.55. The maximum absolute atomic E-state index is 12.1. The van der Waals surface area contributed by atoms with E-state index in [0.29, 0.717) is 11.1 Å². The molecule has 1 aromatic heterocycles. The number of rotatable bonds is 1. The third kappa shape index (κ3) is 2.06. The highest BCUT2D eigenvalue weighted by Crippen LogP contribution is 2.25. The molecule has 0 radical (unpaired) electrons. The lowest BCUT2D eigenvalue weighted by Gasteiger charge is -2.06. The average molecular weight is 250 g/mol. The highest BCUT2D eigenvalue weighted by Gasteiger charge is 2.08. The number of fused-ring (bicyclic) bond motifs is 1. The zero-order valence-corrected chi connectivity index (χ0v) is 10.9. The van der Waals surface area contributed by atoms with Crippen LogP contribution in [0.25, 0.3) is 22.1 Å². The van der Waals surface area contributed by atoms with Gasteiger partial charge in [-0.3, -0.25) is 0 Å². The Kier molecular flexibility index (Phi) is 2.71. The van der Waals surface area contributed by atoms with Crippen molar-refractivity contribution in [3.8, 4) is 11.3 Å². The topological polar surface area (TPSA) is 30.2 Å². The Morgan fingerprint density at radius 3 is 2.53 bits per heavy atom. The smallest absolute Gasteiger partial charge is 0.344 e. The van der Waals surface area contributed by atoms with E-state index < -0.39 is 0 Å². The number of aryl methyl sites for hydroxylation is 2. The van der Waals surface area contributed by atoms with Crippen LogP contribution >= 0.6 is 0 Å². The molecular weight excluding hydrogens is 236 g/mol. The lowest BCUT2D eigenvalue weighted by molar-refractivity contribution is 0.534. The van der Waals surface area contributed by atoms with Crippen molar-refractivity contribution < 1.29 is 4.42 Å². The van der Waals surface area contributed by atoms with Crippen LogP contribution in [0.1, 0.15) is 11.1 Å². The average Bonchev–Trinajstić information content (AvgIpc) is 2.40. The van der Waals surface area contributed by atoms with Gasteiger partial charge in [0.2, 0.25) is 0 Å². The molecule has 0 fully saturated rings. The summed E-state index contributed by atoms with van der Waals surface area (Å²) >= 11 is 0. The third-order valence-corrected chi connectivity index (χ3v) is 3.33. The van der Waals surface area contributed by atoms with Crippen molar-refractivity contribution >= 4 is 10.8 Å². The third-order valence-electron chi connectivity index (χ3n) is 3.33. The van der Waals surface area contributed by atoms with E-state index >= 15 is 0 Å². The van der Waals surface area contributed by atoms with E-state index in [1.165, 1.54) is 0 Å². The first-order valence-corrected chi connectivity index (χ1v) is 6.26. The van der Waals surface area contributed by atoms with Gasteiger partial charge in [0.25, 0.3) is 0 Å². The van der Waals surface area contributed by atoms with Gasteiger partial charge in [0.05, 0.1) is 5.39 Å². The lowest BCUT2D eigenvalue weighted by atomic mass is 10.0. The molecule has 0 N–H and O–H groups in total. The second kappa shape index (κ2) is 4.39. The maximum atomic E-state index is 12.1. The van der Waals surface area contributed by atoms with E-state index in [9.17, 15) is 4.79 Å². The SMILES string of the molecule is Cc1ccc2cc(-c3ccccc3C)oc(=O)c2c1. The van der Waals surface area contributed by atoms with Crippen molar-refractivity contribution in [2.45, 2.75) is 13.8 Å². The van der Waals surface area contributed by atoms with E-state index in [0.717, 1.165) is 22.1 Å². The van der Waals surface area contributed by atoms with Crippen LogP contribution in [0.2, 0.25) is 0 Å². The monoisotopic (exact) mass is 250 g/mol. The molecule has 3 aromatic rings. The van der Waals surface area contributed by atoms with Gasteiger partial charge in [-0.2, -0.15) is 0 Å². The second-order valence-corrected chi connectivity index (χ2v) is 4.80. The minimum absolute atomic E-state index is 0.278. The number of benzene rings is 2. The zero-order chi connectivity index (χ0) is 13.4. The largest absolute Gasteiger partial charge is 0.422 e. The Labute approximate surface area is 111 Å². The van der Waals surface area contributed by atoms with Crippen LogP contribution in [-0.4, -0.2) is 0 Å². The summed E-state index contributed by atoms with van der Waals surface area (Å²) in [6, 6.07) is 15.7. The Morgan fingerprint density at radius 1 is 0.947 bits per heavy atom. The first-order valence-electron chi connectivity index (χ1n) is 6.26. The molecule has 0 saturated carbocycles. The zero-order valence-electron chi connectivity index (χ0n) is 10.9. The minimum Gasteiger partial charge on any atom is -0.422 e. The molecule has 0 aliphatic heterocycles. The minimum atomic E-state index is -0.278. The Morgan fingerprint density at radius 2 is 1.74 bits per heavy atom. The normalized spacial score (nSPS) is 10.8. The van der Waals surface area contributed by atoms with Gasteiger partial charge in [-0.1, -0.05) is 42.0 Å². The van der Waals surface area contributed by atoms with Crippen molar-refractivity contribution in [1.29, 1.82) is 0 Å². The van der Waals surface area contributed by atoms with Gasteiger partial charge >= 0.3 is 5.63 Å². The summed E-state index contributed by atoms with van der Waals surface area (Å²) in [6.45, 7) is 3.98. The van der Waals surface area contributed by atoms with E-state index in [1.54, 1.807) is 0 Å². The first-order chi connectivity index (χ1) is 9.15. The molecule has 0 unspecified atom stereocenters.